The summed E-state index contributed by atoms with van der Waals surface area (Å²) in [6, 6.07) is 9.27. The van der Waals surface area contributed by atoms with Gasteiger partial charge in [0.1, 0.15) is 11.4 Å². The SMILES string of the molecule is C[C@@H]1CN(c2nc3ccccc3cc2C(=O)O)C[C@H](C)O1. The fraction of sp³-hybridized carbons (Fsp3) is 0.375. The number of para-hydroxylation sites is 1. The van der Waals surface area contributed by atoms with Gasteiger partial charge in [-0.25, -0.2) is 9.78 Å². The first-order valence-corrected chi connectivity index (χ1v) is 7.08. The van der Waals surface area contributed by atoms with E-state index in [1.165, 1.54) is 0 Å². The summed E-state index contributed by atoms with van der Waals surface area (Å²) in [6.45, 7) is 5.28. The maximum atomic E-state index is 11.6. The topological polar surface area (TPSA) is 62.7 Å². The largest absolute Gasteiger partial charge is 0.478 e. The number of hydrogen-bond donors (Lipinski definition) is 1. The highest BCUT2D eigenvalue weighted by Gasteiger charge is 2.27. The van der Waals surface area contributed by atoms with E-state index in [4.69, 9.17) is 4.74 Å². The summed E-state index contributed by atoms with van der Waals surface area (Å²) in [7, 11) is 0. The van der Waals surface area contributed by atoms with Gasteiger partial charge in [-0.2, -0.15) is 0 Å². The van der Waals surface area contributed by atoms with Crippen molar-refractivity contribution in [2.24, 2.45) is 0 Å². The third-order valence-electron chi connectivity index (χ3n) is 3.65. The van der Waals surface area contributed by atoms with E-state index in [1.807, 2.05) is 43.0 Å². The Morgan fingerprint density at radius 1 is 1.29 bits per heavy atom. The first-order chi connectivity index (χ1) is 10.0. The van der Waals surface area contributed by atoms with Gasteiger partial charge in [-0.3, -0.25) is 0 Å². The Kier molecular flexibility index (Phi) is 3.51. The number of hydrogen-bond acceptors (Lipinski definition) is 4. The van der Waals surface area contributed by atoms with E-state index >= 15 is 0 Å². The monoisotopic (exact) mass is 286 g/mol. The number of benzene rings is 1. The Bertz CT molecular complexity index is 676. The molecular formula is C16H18N2O3. The van der Waals surface area contributed by atoms with Crippen LogP contribution in [0.1, 0.15) is 24.2 Å². The highest BCUT2D eigenvalue weighted by molar-refractivity contribution is 5.98. The molecule has 0 saturated carbocycles. The van der Waals surface area contributed by atoms with E-state index in [1.54, 1.807) is 6.07 Å². The summed E-state index contributed by atoms with van der Waals surface area (Å²) < 4.78 is 5.71. The van der Waals surface area contributed by atoms with Gasteiger partial charge in [0.2, 0.25) is 0 Å². The number of carboxylic acids is 1. The lowest BCUT2D eigenvalue weighted by atomic mass is 10.1. The maximum Gasteiger partial charge on any atom is 0.339 e. The van der Waals surface area contributed by atoms with Gasteiger partial charge in [0, 0.05) is 18.5 Å². The minimum absolute atomic E-state index is 0.0589. The predicted octanol–water partition coefficient (Wildman–Crippen LogP) is 2.55. The summed E-state index contributed by atoms with van der Waals surface area (Å²) in [5, 5.41) is 10.3. The number of fused-ring (bicyclic) bond motifs is 1. The number of morpholine rings is 1. The van der Waals surface area contributed by atoms with Crippen molar-refractivity contribution in [2.45, 2.75) is 26.1 Å². The minimum atomic E-state index is -0.949. The third kappa shape index (κ3) is 2.69. The van der Waals surface area contributed by atoms with Crippen molar-refractivity contribution in [3.05, 3.63) is 35.9 Å². The van der Waals surface area contributed by atoms with Crippen LogP contribution in [0.3, 0.4) is 0 Å². The molecule has 2 aromatic rings. The van der Waals surface area contributed by atoms with Crippen LogP contribution >= 0.6 is 0 Å². The summed E-state index contributed by atoms with van der Waals surface area (Å²) in [5.74, 6) is -0.418. The van der Waals surface area contributed by atoms with Gasteiger partial charge in [0.15, 0.2) is 0 Å². The fourth-order valence-corrected chi connectivity index (χ4v) is 2.86. The van der Waals surface area contributed by atoms with Crippen LogP contribution in [0.5, 0.6) is 0 Å². The van der Waals surface area contributed by atoms with Crippen LogP contribution in [-0.2, 0) is 4.74 Å². The molecule has 1 aliphatic rings. The van der Waals surface area contributed by atoms with Crippen molar-refractivity contribution < 1.29 is 14.6 Å². The van der Waals surface area contributed by atoms with E-state index in [-0.39, 0.29) is 17.8 Å². The van der Waals surface area contributed by atoms with Crippen LogP contribution < -0.4 is 4.90 Å². The Morgan fingerprint density at radius 3 is 2.62 bits per heavy atom. The van der Waals surface area contributed by atoms with Crippen LogP contribution in [0.25, 0.3) is 10.9 Å². The van der Waals surface area contributed by atoms with Crippen LogP contribution in [-0.4, -0.2) is 41.4 Å². The van der Waals surface area contributed by atoms with Crippen molar-refractivity contribution in [1.82, 2.24) is 4.98 Å². The van der Waals surface area contributed by atoms with Gasteiger partial charge >= 0.3 is 5.97 Å². The Hall–Kier alpha value is -2.14. The molecular weight excluding hydrogens is 268 g/mol. The van der Waals surface area contributed by atoms with Gasteiger partial charge in [-0.05, 0) is 26.0 Å². The lowest BCUT2D eigenvalue weighted by Gasteiger charge is -2.36. The summed E-state index contributed by atoms with van der Waals surface area (Å²) in [4.78, 5) is 18.2. The Balaban J connectivity index is 2.11. The molecule has 0 spiro atoms. The molecule has 1 aromatic heterocycles. The standard InChI is InChI=1S/C16H18N2O3/c1-10-8-18(9-11(2)21-10)15-13(16(19)20)7-12-5-3-4-6-14(12)17-15/h3-7,10-11H,8-9H2,1-2H3,(H,19,20)/t10-,11+. The van der Waals surface area contributed by atoms with Crippen LogP contribution in [0, 0.1) is 0 Å². The fourth-order valence-electron chi connectivity index (χ4n) is 2.86. The van der Waals surface area contributed by atoms with Gasteiger partial charge < -0.3 is 14.7 Å². The molecule has 0 unspecified atom stereocenters. The number of aromatic carboxylic acids is 1. The van der Waals surface area contributed by atoms with E-state index in [0.29, 0.717) is 18.9 Å². The number of carbonyl (C=O) groups is 1. The van der Waals surface area contributed by atoms with Crippen molar-refractivity contribution in [1.29, 1.82) is 0 Å². The zero-order valence-corrected chi connectivity index (χ0v) is 12.1. The lowest BCUT2D eigenvalue weighted by Crippen LogP contribution is -2.46. The Morgan fingerprint density at radius 2 is 1.95 bits per heavy atom. The van der Waals surface area contributed by atoms with Crippen molar-refractivity contribution in [3.63, 3.8) is 0 Å². The molecule has 0 aliphatic carbocycles. The quantitative estimate of drug-likeness (QED) is 0.919. The van der Waals surface area contributed by atoms with Gasteiger partial charge in [0.25, 0.3) is 0 Å². The molecule has 3 rings (SSSR count). The molecule has 0 bridgehead atoms. The summed E-state index contributed by atoms with van der Waals surface area (Å²) in [6.07, 6.45) is 0.118. The molecule has 0 amide bonds. The second kappa shape index (κ2) is 5.33. The number of aromatic nitrogens is 1. The maximum absolute atomic E-state index is 11.6. The smallest absolute Gasteiger partial charge is 0.339 e. The first kappa shape index (κ1) is 13.8. The lowest BCUT2D eigenvalue weighted by molar-refractivity contribution is -0.00554. The molecule has 5 nitrogen and oxygen atoms in total. The predicted molar refractivity (Wildman–Crippen MR) is 80.9 cm³/mol. The number of nitrogens with zero attached hydrogens (tertiary/aromatic N) is 2. The van der Waals surface area contributed by atoms with E-state index in [0.717, 1.165) is 10.9 Å². The number of rotatable bonds is 2. The number of anilines is 1. The van der Waals surface area contributed by atoms with Crippen molar-refractivity contribution in [2.75, 3.05) is 18.0 Å². The average Bonchev–Trinajstić information content (AvgIpc) is 2.44. The minimum Gasteiger partial charge on any atom is -0.478 e. The molecule has 110 valence electrons. The molecule has 1 fully saturated rings. The van der Waals surface area contributed by atoms with Gasteiger partial charge in [-0.1, -0.05) is 18.2 Å². The highest BCUT2D eigenvalue weighted by atomic mass is 16.5. The number of pyridine rings is 1. The zero-order valence-electron chi connectivity index (χ0n) is 12.1. The normalized spacial score (nSPS) is 22.5. The molecule has 1 saturated heterocycles. The van der Waals surface area contributed by atoms with Gasteiger partial charge in [0.05, 0.1) is 17.7 Å². The number of carboxylic acid groups (broad SMARTS) is 1. The van der Waals surface area contributed by atoms with Crippen molar-refractivity contribution >= 4 is 22.7 Å². The summed E-state index contributed by atoms with van der Waals surface area (Å²) >= 11 is 0. The molecule has 1 N–H and O–H groups in total. The van der Waals surface area contributed by atoms with Crippen LogP contribution in [0.4, 0.5) is 5.82 Å². The van der Waals surface area contributed by atoms with Crippen LogP contribution in [0.2, 0.25) is 0 Å². The second-order valence-electron chi connectivity index (χ2n) is 5.52. The first-order valence-electron chi connectivity index (χ1n) is 7.08. The second-order valence-corrected chi connectivity index (χ2v) is 5.52. The van der Waals surface area contributed by atoms with E-state index in [9.17, 15) is 9.90 Å². The Labute approximate surface area is 123 Å². The molecule has 2 heterocycles. The molecule has 21 heavy (non-hydrogen) atoms. The molecule has 1 aromatic carbocycles. The summed E-state index contributed by atoms with van der Waals surface area (Å²) in [5.41, 5.74) is 1.05. The van der Waals surface area contributed by atoms with Crippen LogP contribution in [0.15, 0.2) is 30.3 Å². The van der Waals surface area contributed by atoms with E-state index < -0.39 is 5.97 Å². The third-order valence-corrected chi connectivity index (χ3v) is 3.65. The zero-order chi connectivity index (χ0) is 15.0. The van der Waals surface area contributed by atoms with Gasteiger partial charge in [-0.15, -0.1) is 0 Å². The molecule has 5 heteroatoms. The number of ether oxygens (including phenoxy) is 1. The van der Waals surface area contributed by atoms with E-state index in [2.05, 4.69) is 4.98 Å². The highest BCUT2D eigenvalue weighted by Crippen LogP contribution is 2.26. The molecule has 1 aliphatic heterocycles. The van der Waals surface area contributed by atoms with Crippen molar-refractivity contribution in [3.8, 4) is 0 Å². The molecule has 0 radical (unpaired) electrons. The molecule has 2 atom stereocenters. The average molecular weight is 286 g/mol.